The van der Waals surface area contributed by atoms with Crippen LogP contribution >= 0.6 is 34.8 Å². The fraction of sp³-hybridized carbons (Fsp3) is 0.0714. The van der Waals surface area contributed by atoms with Crippen molar-refractivity contribution in [1.82, 2.24) is 0 Å². The zero-order valence-corrected chi connectivity index (χ0v) is 11.8. The number of rotatable bonds is 2. The summed E-state index contributed by atoms with van der Waals surface area (Å²) < 4.78 is 0. The number of benzene rings is 2. The van der Waals surface area contributed by atoms with Crippen LogP contribution in [-0.2, 0) is 0 Å². The maximum Gasteiger partial charge on any atom is 0.194 e. The van der Waals surface area contributed by atoms with Gasteiger partial charge in [0.25, 0.3) is 0 Å². The van der Waals surface area contributed by atoms with E-state index >= 15 is 0 Å². The van der Waals surface area contributed by atoms with Gasteiger partial charge < -0.3 is 0 Å². The molecule has 0 aliphatic rings. The Balaban J connectivity index is 2.47. The van der Waals surface area contributed by atoms with Crippen molar-refractivity contribution in [2.45, 2.75) is 6.92 Å². The first-order valence-corrected chi connectivity index (χ1v) is 6.38. The highest BCUT2D eigenvalue weighted by Crippen LogP contribution is 2.25. The summed E-state index contributed by atoms with van der Waals surface area (Å²) in [6, 6.07) is 9.96. The van der Waals surface area contributed by atoms with Gasteiger partial charge in [-0.3, -0.25) is 4.79 Å². The van der Waals surface area contributed by atoms with Gasteiger partial charge in [0.2, 0.25) is 0 Å². The van der Waals surface area contributed by atoms with Crippen LogP contribution in [0.25, 0.3) is 0 Å². The van der Waals surface area contributed by atoms with Crippen molar-refractivity contribution in [2.24, 2.45) is 0 Å². The fourth-order valence-corrected chi connectivity index (χ4v) is 2.12. The molecule has 0 aliphatic heterocycles. The molecule has 2 aromatic carbocycles. The monoisotopic (exact) mass is 298 g/mol. The Kier molecular flexibility index (Phi) is 3.96. The predicted molar refractivity (Wildman–Crippen MR) is 76.1 cm³/mol. The van der Waals surface area contributed by atoms with Crippen molar-refractivity contribution in [2.75, 3.05) is 0 Å². The molecule has 2 aromatic rings. The van der Waals surface area contributed by atoms with Crippen molar-refractivity contribution in [3.8, 4) is 0 Å². The van der Waals surface area contributed by atoms with Gasteiger partial charge in [-0.05, 0) is 36.8 Å². The number of carbonyl (C=O) groups is 1. The topological polar surface area (TPSA) is 17.1 Å². The molecule has 0 bridgehead atoms. The Hall–Kier alpha value is -1.02. The molecule has 0 atom stereocenters. The smallest absolute Gasteiger partial charge is 0.194 e. The molecule has 18 heavy (non-hydrogen) atoms. The summed E-state index contributed by atoms with van der Waals surface area (Å²) in [5, 5.41) is 1.40. The van der Waals surface area contributed by atoms with Gasteiger partial charge in [0, 0.05) is 21.2 Å². The number of ketones is 1. The lowest BCUT2D eigenvalue weighted by molar-refractivity contribution is 0.103. The molecule has 92 valence electrons. The average molecular weight is 300 g/mol. The van der Waals surface area contributed by atoms with Crippen molar-refractivity contribution in [1.29, 1.82) is 0 Å². The molecule has 4 heteroatoms. The maximum atomic E-state index is 12.3. The zero-order valence-electron chi connectivity index (χ0n) is 9.51. The van der Waals surface area contributed by atoms with Gasteiger partial charge in [0.15, 0.2) is 5.78 Å². The number of hydrogen-bond acceptors (Lipinski definition) is 1. The minimum atomic E-state index is -0.190. The highest BCUT2D eigenvalue weighted by Gasteiger charge is 2.14. The van der Waals surface area contributed by atoms with Crippen LogP contribution < -0.4 is 0 Å². The SMILES string of the molecule is Cc1ccc(C(=O)c2cc(Cl)ccc2Cl)cc1Cl. The summed E-state index contributed by atoms with van der Waals surface area (Å²) in [4.78, 5) is 12.3. The van der Waals surface area contributed by atoms with E-state index in [1.807, 2.05) is 6.92 Å². The Morgan fingerprint density at radius 1 is 0.944 bits per heavy atom. The number of halogens is 3. The minimum Gasteiger partial charge on any atom is -0.289 e. The standard InChI is InChI=1S/C14H9Cl3O/c1-8-2-3-9(6-13(8)17)14(18)11-7-10(15)4-5-12(11)16/h2-7H,1H3. The summed E-state index contributed by atoms with van der Waals surface area (Å²) in [5.41, 5.74) is 1.80. The molecule has 0 saturated heterocycles. The summed E-state index contributed by atoms with van der Waals surface area (Å²) in [6.07, 6.45) is 0. The predicted octanol–water partition coefficient (Wildman–Crippen LogP) is 5.19. The van der Waals surface area contributed by atoms with E-state index in [0.29, 0.717) is 26.2 Å². The van der Waals surface area contributed by atoms with Crippen molar-refractivity contribution < 1.29 is 4.79 Å². The Morgan fingerprint density at radius 2 is 1.67 bits per heavy atom. The zero-order chi connectivity index (χ0) is 13.3. The molecule has 0 fully saturated rings. The maximum absolute atomic E-state index is 12.3. The summed E-state index contributed by atoms with van der Waals surface area (Å²) in [6.45, 7) is 1.88. The Labute approximate surface area is 120 Å². The second-order valence-electron chi connectivity index (χ2n) is 3.92. The van der Waals surface area contributed by atoms with Crippen LogP contribution in [0, 0.1) is 6.92 Å². The number of hydrogen-bond donors (Lipinski definition) is 0. The lowest BCUT2D eigenvalue weighted by Gasteiger charge is -2.06. The van der Waals surface area contributed by atoms with E-state index in [0.717, 1.165) is 5.56 Å². The average Bonchev–Trinajstić information content (AvgIpc) is 2.35. The van der Waals surface area contributed by atoms with Gasteiger partial charge in [0.05, 0.1) is 5.02 Å². The van der Waals surface area contributed by atoms with Gasteiger partial charge in [-0.25, -0.2) is 0 Å². The highest BCUT2D eigenvalue weighted by molar-refractivity contribution is 6.37. The molecule has 0 N–H and O–H groups in total. The van der Waals surface area contributed by atoms with Crippen LogP contribution in [0.4, 0.5) is 0 Å². The normalized spacial score (nSPS) is 10.4. The summed E-state index contributed by atoms with van der Waals surface area (Å²) in [5.74, 6) is -0.190. The molecule has 1 nitrogen and oxygen atoms in total. The van der Waals surface area contributed by atoms with E-state index in [2.05, 4.69) is 0 Å². The number of aryl methyl sites for hydroxylation is 1. The molecule has 0 heterocycles. The van der Waals surface area contributed by atoms with Crippen molar-refractivity contribution >= 4 is 40.6 Å². The molecule has 0 radical (unpaired) electrons. The van der Waals surface area contributed by atoms with Gasteiger partial charge >= 0.3 is 0 Å². The van der Waals surface area contributed by atoms with Gasteiger partial charge in [-0.1, -0.05) is 46.9 Å². The highest BCUT2D eigenvalue weighted by atomic mass is 35.5. The summed E-state index contributed by atoms with van der Waals surface area (Å²) >= 11 is 17.9. The van der Waals surface area contributed by atoms with Crippen LogP contribution in [0.5, 0.6) is 0 Å². The molecule has 0 unspecified atom stereocenters. The third-order valence-electron chi connectivity index (χ3n) is 2.61. The van der Waals surface area contributed by atoms with Crippen molar-refractivity contribution in [3.05, 3.63) is 68.2 Å². The third kappa shape index (κ3) is 2.69. The first-order chi connectivity index (χ1) is 8.49. The van der Waals surface area contributed by atoms with Crippen LogP contribution in [0.3, 0.4) is 0 Å². The third-order valence-corrected chi connectivity index (χ3v) is 3.58. The van der Waals surface area contributed by atoms with E-state index in [-0.39, 0.29) is 5.78 Å². The largest absolute Gasteiger partial charge is 0.289 e. The summed E-state index contributed by atoms with van der Waals surface area (Å²) in [7, 11) is 0. The minimum absolute atomic E-state index is 0.190. The van der Waals surface area contributed by atoms with E-state index in [9.17, 15) is 4.79 Å². The molecular weight excluding hydrogens is 291 g/mol. The van der Waals surface area contributed by atoms with E-state index in [4.69, 9.17) is 34.8 Å². The molecule has 0 saturated carbocycles. The number of carbonyl (C=O) groups excluding carboxylic acids is 1. The van der Waals surface area contributed by atoms with Crippen LogP contribution in [0.2, 0.25) is 15.1 Å². The van der Waals surface area contributed by atoms with E-state index in [1.165, 1.54) is 0 Å². The van der Waals surface area contributed by atoms with Gasteiger partial charge in [-0.15, -0.1) is 0 Å². The molecule has 0 spiro atoms. The molecule has 0 aromatic heterocycles. The van der Waals surface area contributed by atoms with Crippen LogP contribution in [-0.4, -0.2) is 5.78 Å². The van der Waals surface area contributed by atoms with E-state index < -0.39 is 0 Å². The molecule has 0 amide bonds. The fourth-order valence-electron chi connectivity index (χ4n) is 1.56. The van der Waals surface area contributed by atoms with Crippen molar-refractivity contribution in [3.63, 3.8) is 0 Å². The molecule has 2 rings (SSSR count). The second kappa shape index (κ2) is 5.31. The van der Waals surface area contributed by atoms with Crippen LogP contribution in [0.1, 0.15) is 21.5 Å². The molecular formula is C14H9Cl3O. The lowest BCUT2D eigenvalue weighted by atomic mass is 10.0. The Bertz CT molecular complexity index is 620. The van der Waals surface area contributed by atoms with Gasteiger partial charge in [-0.2, -0.15) is 0 Å². The van der Waals surface area contributed by atoms with Crippen LogP contribution in [0.15, 0.2) is 36.4 Å². The second-order valence-corrected chi connectivity index (χ2v) is 5.17. The quantitative estimate of drug-likeness (QED) is 0.698. The first-order valence-electron chi connectivity index (χ1n) is 5.25. The van der Waals surface area contributed by atoms with Gasteiger partial charge in [0.1, 0.15) is 0 Å². The first kappa shape index (κ1) is 13.4. The Morgan fingerprint density at radius 3 is 2.33 bits per heavy atom. The lowest BCUT2D eigenvalue weighted by Crippen LogP contribution is -2.02. The van der Waals surface area contributed by atoms with E-state index in [1.54, 1.807) is 36.4 Å². The molecule has 0 aliphatic carbocycles.